The van der Waals surface area contributed by atoms with Gasteiger partial charge in [0, 0.05) is 19.1 Å². The summed E-state index contributed by atoms with van der Waals surface area (Å²) in [4.78, 5) is 0. The summed E-state index contributed by atoms with van der Waals surface area (Å²) >= 11 is 0. The van der Waals surface area contributed by atoms with Crippen molar-refractivity contribution in [1.29, 1.82) is 0 Å². The maximum absolute atomic E-state index is 10.7. The summed E-state index contributed by atoms with van der Waals surface area (Å²) in [6.45, 7) is 2.47. The zero-order valence-corrected chi connectivity index (χ0v) is 7.86. The lowest BCUT2D eigenvalue weighted by atomic mass is 10.3. The van der Waals surface area contributed by atoms with Crippen molar-refractivity contribution in [2.45, 2.75) is 6.04 Å². The topological polar surface area (TPSA) is 67.4 Å². The average molecular weight is 194 g/mol. The number of rotatable bonds is 3. The standard InChI is InChI=1S/C6H14N2O3S/c1-12(9,10)8-4-6-5-11-3-2-7-6/h6-8H,2-5H2,1H3. The van der Waals surface area contributed by atoms with Crippen LogP contribution in [-0.4, -0.2) is 47.0 Å². The summed E-state index contributed by atoms with van der Waals surface area (Å²) in [7, 11) is -3.07. The minimum Gasteiger partial charge on any atom is -0.378 e. The average Bonchev–Trinajstić information content (AvgIpc) is 2.02. The zero-order chi connectivity index (χ0) is 9.03. The number of nitrogens with one attached hydrogen (secondary N) is 2. The number of ether oxygens (including phenoxy) is 1. The number of hydrogen-bond donors (Lipinski definition) is 2. The van der Waals surface area contributed by atoms with Gasteiger partial charge in [-0.15, -0.1) is 0 Å². The Labute approximate surface area is 72.5 Å². The normalized spacial score (nSPS) is 25.6. The van der Waals surface area contributed by atoms with Crippen molar-refractivity contribution in [3.8, 4) is 0 Å². The molecule has 0 aliphatic carbocycles. The van der Waals surface area contributed by atoms with Gasteiger partial charge in [0.25, 0.3) is 0 Å². The number of hydrogen-bond acceptors (Lipinski definition) is 4. The Balaban J connectivity index is 2.22. The van der Waals surface area contributed by atoms with Crippen LogP contribution in [0, 0.1) is 0 Å². The molecule has 0 aromatic heterocycles. The molecular formula is C6H14N2O3S. The van der Waals surface area contributed by atoms with Crippen LogP contribution in [0.1, 0.15) is 0 Å². The van der Waals surface area contributed by atoms with E-state index in [1.165, 1.54) is 0 Å². The van der Waals surface area contributed by atoms with Gasteiger partial charge in [-0.3, -0.25) is 0 Å². The fraction of sp³-hybridized carbons (Fsp3) is 1.00. The van der Waals surface area contributed by atoms with E-state index >= 15 is 0 Å². The molecule has 1 saturated heterocycles. The Hall–Kier alpha value is -0.170. The molecule has 1 fully saturated rings. The third kappa shape index (κ3) is 4.01. The van der Waals surface area contributed by atoms with Gasteiger partial charge in [-0.1, -0.05) is 0 Å². The molecule has 0 bridgehead atoms. The van der Waals surface area contributed by atoms with E-state index in [1.54, 1.807) is 0 Å². The van der Waals surface area contributed by atoms with Crippen LogP contribution < -0.4 is 10.0 Å². The Bertz CT molecular complexity index is 221. The summed E-state index contributed by atoms with van der Waals surface area (Å²) in [6.07, 6.45) is 1.15. The minimum atomic E-state index is -3.07. The van der Waals surface area contributed by atoms with Gasteiger partial charge >= 0.3 is 0 Å². The van der Waals surface area contributed by atoms with E-state index < -0.39 is 10.0 Å². The van der Waals surface area contributed by atoms with Crippen LogP contribution >= 0.6 is 0 Å². The lowest BCUT2D eigenvalue weighted by Gasteiger charge is -2.23. The van der Waals surface area contributed by atoms with E-state index in [1.807, 2.05) is 0 Å². The highest BCUT2D eigenvalue weighted by molar-refractivity contribution is 7.88. The van der Waals surface area contributed by atoms with Crippen molar-refractivity contribution in [3.63, 3.8) is 0 Å². The first kappa shape index (κ1) is 9.91. The molecule has 1 atom stereocenters. The van der Waals surface area contributed by atoms with Crippen molar-refractivity contribution in [1.82, 2.24) is 10.0 Å². The minimum absolute atomic E-state index is 0.105. The smallest absolute Gasteiger partial charge is 0.208 e. The molecule has 72 valence electrons. The van der Waals surface area contributed by atoms with Gasteiger partial charge in [0.2, 0.25) is 10.0 Å². The van der Waals surface area contributed by atoms with Crippen molar-refractivity contribution in [2.75, 3.05) is 32.6 Å². The first-order valence-corrected chi connectivity index (χ1v) is 5.73. The van der Waals surface area contributed by atoms with Crippen molar-refractivity contribution < 1.29 is 13.2 Å². The highest BCUT2D eigenvalue weighted by Gasteiger charge is 2.13. The maximum atomic E-state index is 10.7. The summed E-state index contributed by atoms with van der Waals surface area (Å²) in [5, 5.41) is 3.14. The fourth-order valence-corrected chi connectivity index (χ4v) is 1.51. The first-order chi connectivity index (χ1) is 5.58. The lowest BCUT2D eigenvalue weighted by Crippen LogP contribution is -2.48. The van der Waals surface area contributed by atoms with Gasteiger partial charge in [-0.25, -0.2) is 13.1 Å². The largest absolute Gasteiger partial charge is 0.378 e. The molecule has 0 amide bonds. The van der Waals surface area contributed by atoms with E-state index in [-0.39, 0.29) is 6.04 Å². The Morgan fingerprint density at radius 2 is 2.42 bits per heavy atom. The molecule has 0 aromatic carbocycles. The van der Waals surface area contributed by atoms with Gasteiger partial charge in [-0.05, 0) is 0 Å². The van der Waals surface area contributed by atoms with Gasteiger partial charge in [0.1, 0.15) is 0 Å². The predicted molar refractivity (Wildman–Crippen MR) is 45.5 cm³/mol. The third-order valence-corrected chi connectivity index (χ3v) is 2.28. The van der Waals surface area contributed by atoms with Gasteiger partial charge in [0.05, 0.1) is 19.5 Å². The van der Waals surface area contributed by atoms with Crippen LogP contribution in [0.2, 0.25) is 0 Å². The van der Waals surface area contributed by atoms with E-state index in [0.717, 1.165) is 12.8 Å². The summed E-state index contributed by atoms with van der Waals surface area (Å²) in [6, 6.07) is 0.105. The van der Waals surface area contributed by atoms with E-state index in [2.05, 4.69) is 10.0 Å². The molecule has 12 heavy (non-hydrogen) atoms. The van der Waals surface area contributed by atoms with Crippen molar-refractivity contribution in [3.05, 3.63) is 0 Å². The van der Waals surface area contributed by atoms with E-state index in [9.17, 15) is 8.42 Å². The second kappa shape index (κ2) is 4.18. The predicted octanol–water partition coefficient (Wildman–Crippen LogP) is -1.48. The molecule has 1 aliphatic rings. The first-order valence-electron chi connectivity index (χ1n) is 3.84. The number of morpholine rings is 1. The molecule has 2 N–H and O–H groups in total. The van der Waals surface area contributed by atoms with Crippen LogP contribution in [0.25, 0.3) is 0 Å². The van der Waals surface area contributed by atoms with Crippen LogP contribution in [0.5, 0.6) is 0 Å². The SMILES string of the molecule is CS(=O)(=O)NCC1COCCN1. The summed E-state index contributed by atoms with van der Waals surface area (Å²) < 4.78 is 29.0. The van der Waals surface area contributed by atoms with E-state index in [4.69, 9.17) is 4.74 Å². The monoisotopic (exact) mass is 194 g/mol. The Morgan fingerprint density at radius 1 is 1.67 bits per heavy atom. The zero-order valence-electron chi connectivity index (χ0n) is 7.04. The molecule has 1 rings (SSSR count). The van der Waals surface area contributed by atoms with Crippen LogP contribution in [0.15, 0.2) is 0 Å². The molecular weight excluding hydrogens is 180 g/mol. The Kier molecular flexibility index (Phi) is 3.45. The molecule has 1 aliphatic heterocycles. The van der Waals surface area contributed by atoms with Gasteiger partial charge in [0.15, 0.2) is 0 Å². The maximum Gasteiger partial charge on any atom is 0.208 e. The van der Waals surface area contributed by atoms with Crippen LogP contribution in [0.3, 0.4) is 0 Å². The molecule has 0 radical (unpaired) electrons. The van der Waals surface area contributed by atoms with Crippen LogP contribution in [0.4, 0.5) is 0 Å². The fourth-order valence-electron chi connectivity index (χ4n) is 1.00. The molecule has 0 aromatic rings. The Morgan fingerprint density at radius 3 is 2.92 bits per heavy atom. The van der Waals surface area contributed by atoms with Crippen molar-refractivity contribution in [2.24, 2.45) is 0 Å². The summed E-state index contributed by atoms with van der Waals surface area (Å²) in [5.74, 6) is 0. The summed E-state index contributed by atoms with van der Waals surface area (Å²) in [5.41, 5.74) is 0. The van der Waals surface area contributed by atoms with Gasteiger partial charge < -0.3 is 10.1 Å². The highest BCUT2D eigenvalue weighted by Crippen LogP contribution is 1.91. The third-order valence-electron chi connectivity index (χ3n) is 1.59. The molecule has 1 heterocycles. The molecule has 5 nitrogen and oxygen atoms in total. The second-order valence-corrected chi connectivity index (χ2v) is 4.68. The molecule has 0 saturated carbocycles. The van der Waals surface area contributed by atoms with Crippen LogP contribution in [-0.2, 0) is 14.8 Å². The lowest BCUT2D eigenvalue weighted by molar-refractivity contribution is 0.0784. The van der Waals surface area contributed by atoms with Crippen molar-refractivity contribution >= 4 is 10.0 Å². The quantitative estimate of drug-likeness (QED) is 0.575. The highest BCUT2D eigenvalue weighted by atomic mass is 32.2. The molecule has 0 spiro atoms. The second-order valence-electron chi connectivity index (χ2n) is 2.85. The number of sulfonamides is 1. The van der Waals surface area contributed by atoms with Gasteiger partial charge in [-0.2, -0.15) is 0 Å². The van der Waals surface area contributed by atoms with E-state index in [0.29, 0.717) is 19.8 Å². The molecule has 1 unspecified atom stereocenters. The molecule has 6 heteroatoms.